The Morgan fingerprint density at radius 3 is 2.44 bits per heavy atom. The molecule has 10 heteroatoms. The molecule has 0 aliphatic heterocycles. The van der Waals surface area contributed by atoms with Crippen LogP contribution in [-0.4, -0.2) is 28.0 Å². The Morgan fingerprint density at radius 1 is 1.16 bits per heavy atom. The number of carbonyl (C=O) groups excluding carboxylic acids is 1. The van der Waals surface area contributed by atoms with Crippen LogP contribution in [0.3, 0.4) is 0 Å². The van der Waals surface area contributed by atoms with Crippen LogP contribution >= 0.6 is 11.3 Å². The van der Waals surface area contributed by atoms with Gasteiger partial charge in [0.25, 0.3) is 5.91 Å². The van der Waals surface area contributed by atoms with Gasteiger partial charge in [-0.2, -0.15) is 13.2 Å². The van der Waals surface area contributed by atoms with Crippen molar-refractivity contribution in [3.63, 3.8) is 0 Å². The SMILES string of the molecule is CC(C)(C)[C@H](NC(=O)c1ccc2ccccc2c1OCc1nc(C(F)(F)F)cs1)C(=O)O. The van der Waals surface area contributed by atoms with Crippen LogP contribution < -0.4 is 10.1 Å². The molecule has 32 heavy (non-hydrogen) atoms. The number of nitrogens with zero attached hydrogens (tertiary/aromatic N) is 1. The fraction of sp³-hybridized carbons (Fsp3) is 0.318. The number of carboxylic acids is 1. The molecule has 2 aromatic carbocycles. The number of halogens is 3. The van der Waals surface area contributed by atoms with Gasteiger partial charge in [-0.05, 0) is 16.9 Å². The summed E-state index contributed by atoms with van der Waals surface area (Å²) in [5, 5.41) is 14.3. The van der Waals surface area contributed by atoms with Crippen molar-refractivity contribution in [2.24, 2.45) is 5.41 Å². The van der Waals surface area contributed by atoms with E-state index in [-0.39, 0.29) is 22.9 Å². The zero-order valence-corrected chi connectivity index (χ0v) is 18.3. The molecule has 0 saturated heterocycles. The van der Waals surface area contributed by atoms with E-state index in [1.807, 2.05) is 0 Å². The molecule has 0 bridgehead atoms. The van der Waals surface area contributed by atoms with Crippen molar-refractivity contribution in [3.8, 4) is 5.75 Å². The van der Waals surface area contributed by atoms with Crippen LogP contribution in [-0.2, 0) is 17.6 Å². The molecule has 1 amide bonds. The van der Waals surface area contributed by atoms with Gasteiger partial charge in [-0.25, -0.2) is 9.78 Å². The van der Waals surface area contributed by atoms with E-state index in [1.54, 1.807) is 51.1 Å². The Kier molecular flexibility index (Phi) is 6.45. The molecule has 0 aliphatic rings. The summed E-state index contributed by atoms with van der Waals surface area (Å²) < 4.78 is 44.3. The number of carboxylic acid groups (broad SMARTS) is 1. The van der Waals surface area contributed by atoms with Crippen LogP contribution in [0.4, 0.5) is 13.2 Å². The van der Waals surface area contributed by atoms with E-state index < -0.39 is 35.2 Å². The molecule has 3 aromatic rings. The maximum Gasteiger partial charge on any atom is 0.434 e. The lowest BCUT2D eigenvalue weighted by molar-refractivity contribution is -0.142. The molecule has 1 heterocycles. The van der Waals surface area contributed by atoms with Gasteiger partial charge in [0.1, 0.15) is 23.4 Å². The molecule has 2 N–H and O–H groups in total. The highest BCUT2D eigenvalue weighted by atomic mass is 32.1. The Bertz CT molecular complexity index is 1150. The fourth-order valence-corrected chi connectivity index (χ4v) is 3.79. The van der Waals surface area contributed by atoms with Crippen molar-refractivity contribution in [2.75, 3.05) is 0 Å². The van der Waals surface area contributed by atoms with Crippen LogP contribution in [0.25, 0.3) is 10.8 Å². The average Bonchev–Trinajstić information content (AvgIpc) is 3.18. The summed E-state index contributed by atoms with van der Waals surface area (Å²) in [5.41, 5.74) is -1.69. The number of ether oxygens (including phenoxy) is 1. The zero-order valence-electron chi connectivity index (χ0n) is 17.5. The highest BCUT2D eigenvalue weighted by Gasteiger charge is 2.35. The van der Waals surface area contributed by atoms with Crippen LogP contribution in [0.15, 0.2) is 41.8 Å². The number of alkyl halides is 3. The predicted molar refractivity (Wildman–Crippen MR) is 114 cm³/mol. The first-order chi connectivity index (χ1) is 14.9. The molecule has 0 fully saturated rings. The molecular weight excluding hydrogens is 445 g/mol. The second-order valence-electron chi connectivity index (χ2n) is 8.19. The predicted octanol–water partition coefficient (Wildman–Crippen LogP) is 5.12. The Hall–Kier alpha value is -3.14. The minimum atomic E-state index is -4.56. The van der Waals surface area contributed by atoms with Crippen molar-refractivity contribution in [1.82, 2.24) is 10.3 Å². The lowest BCUT2D eigenvalue weighted by atomic mass is 9.86. The third-order valence-electron chi connectivity index (χ3n) is 4.69. The lowest BCUT2D eigenvalue weighted by Gasteiger charge is -2.28. The number of hydrogen-bond donors (Lipinski definition) is 2. The van der Waals surface area contributed by atoms with E-state index in [9.17, 15) is 27.9 Å². The maximum atomic E-state index is 13.0. The van der Waals surface area contributed by atoms with Gasteiger partial charge in [0, 0.05) is 10.8 Å². The quantitative estimate of drug-likeness (QED) is 0.526. The van der Waals surface area contributed by atoms with E-state index in [2.05, 4.69) is 10.3 Å². The molecule has 0 spiro atoms. The third-order valence-corrected chi connectivity index (χ3v) is 5.52. The molecule has 3 rings (SSSR count). The highest BCUT2D eigenvalue weighted by Crippen LogP contribution is 2.33. The van der Waals surface area contributed by atoms with Crippen molar-refractivity contribution in [2.45, 2.75) is 39.6 Å². The van der Waals surface area contributed by atoms with Gasteiger partial charge in [-0.3, -0.25) is 4.79 Å². The monoisotopic (exact) mass is 466 g/mol. The maximum absolute atomic E-state index is 13.0. The molecule has 1 atom stereocenters. The van der Waals surface area contributed by atoms with E-state index in [0.29, 0.717) is 5.39 Å². The molecule has 0 unspecified atom stereocenters. The van der Waals surface area contributed by atoms with Crippen LogP contribution in [0.5, 0.6) is 5.75 Å². The minimum absolute atomic E-state index is 0.0757. The van der Waals surface area contributed by atoms with E-state index in [0.717, 1.165) is 22.1 Å². The van der Waals surface area contributed by atoms with Gasteiger partial charge in [-0.1, -0.05) is 51.1 Å². The number of benzene rings is 2. The molecule has 0 aliphatic carbocycles. The summed E-state index contributed by atoms with van der Waals surface area (Å²) in [7, 11) is 0. The number of fused-ring (bicyclic) bond motifs is 1. The van der Waals surface area contributed by atoms with Crippen molar-refractivity contribution in [1.29, 1.82) is 0 Å². The summed E-state index contributed by atoms with van der Waals surface area (Å²) in [6.07, 6.45) is -4.56. The first kappa shape index (κ1) is 23.5. The normalized spacial score (nSPS) is 13.1. The molecule has 170 valence electrons. The average molecular weight is 466 g/mol. The van der Waals surface area contributed by atoms with Crippen molar-refractivity contribution >= 4 is 34.0 Å². The van der Waals surface area contributed by atoms with Crippen LogP contribution in [0.2, 0.25) is 0 Å². The topological polar surface area (TPSA) is 88.5 Å². The molecule has 0 radical (unpaired) electrons. The number of thiazole rings is 1. The Balaban J connectivity index is 1.95. The van der Waals surface area contributed by atoms with Gasteiger partial charge in [0.15, 0.2) is 5.69 Å². The first-order valence-electron chi connectivity index (χ1n) is 9.57. The molecule has 6 nitrogen and oxygen atoms in total. The second-order valence-corrected chi connectivity index (χ2v) is 9.13. The summed E-state index contributed by atoms with van der Waals surface area (Å²) in [6.45, 7) is 4.77. The number of carbonyl (C=O) groups is 2. The minimum Gasteiger partial charge on any atom is -0.485 e. The number of aromatic nitrogens is 1. The first-order valence-corrected chi connectivity index (χ1v) is 10.5. The second kappa shape index (κ2) is 8.78. The number of amides is 1. The van der Waals surface area contributed by atoms with Gasteiger partial charge in [-0.15, -0.1) is 11.3 Å². The third kappa shape index (κ3) is 5.18. The molecule has 1 aromatic heterocycles. The van der Waals surface area contributed by atoms with Crippen molar-refractivity contribution in [3.05, 3.63) is 58.0 Å². The molecular formula is C22H21F3N2O4S. The van der Waals surface area contributed by atoms with E-state index in [4.69, 9.17) is 4.74 Å². The Labute approximate surface area is 186 Å². The van der Waals surface area contributed by atoms with Gasteiger partial charge in [0.2, 0.25) is 0 Å². The summed E-state index contributed by atoms with van der Waals surface area (Å²) in [4.78, 5) is 28.2. The number of hydrogen-bond acceptors (Lipinski definition) is 5. The van der Waals surface area contributed by atoms with Gasteiger partial charge in [0.05, 0.1) is 5.56 Å². The number of rotatable bonds is 6. The van der Waals surface area contributed by atoms with Gasteiger partial charge >= 0.3 is 12.1 Å². The number of nitrogens with one attached hydrogen (secondary N) is 1. The summed E-state index contributed by atoms with van der Waals surface area (Å²) >= 11 is 0.799. The van der Waals surface area contributed by atoms with Gasteiger partial charge < -0.3 is 15.2 Å². The number of aliphatic carboxylic acids is 1. The smallest absolute Gasteiger partial charge is 0.434 e. The summed E-state index contributed by atoms with van der Waals surface area (Å²) in [6, 6.07) is 9.06. The van der Waals surface area contributed by atoms with Crippen molar-refractivity contribution < 1.29 is 32.6 Å². The summed E-state index contributed by atoms with van der Waals surface area (Å²) in [5.74, 6) is -1.71. The van der Waals surface area contributed by atoms with Crippen LogP contribution in [0, 0.1) is 5.41 Å². The highest BCUT2D eigenvalue weighted by molar-refractivity contribution is 7.09. The van der Waals surface area contributed by atoms with E-state index >= 15 is 0 Å². The lowest BCUT2D eigenvalue weighted by Crippen LogP contribution is -2.49. The Morgan fingerprint density at radius 2 is 1.84 bits per heavy atom. The molecule has 0 saturated carbocycles. The van der Waals surface area contributed by atoms with E-state index in [1.165, 1.54) is 6.07 Å². The standard InChI is InChI=1S/C22H21F3N2O4S/c1-21(2,3)18(20(29)30)27-19(28)14-9-8-12-6-4-5-7-13(12)17(14)31-10-16-26-15(11-32-16)22(23,24)25/h4-9,11,18H,10H2,1-3H3,(H,27,28)(H,29,30)/t18-/m1/s1. The zero-order chi connectivity index (χ0) is 23.7. The fourth-order valence-electron chi connectivity index (χ4n) is 3.08. The van der Waals surface area contributed by atoms with Crippen LogP contribution in [0.1, 0.15) is 41.8 Å². The largest absolute Gasteiger partial charge is 0.485 e.